The summed E-state index contributed by atoms with van der Waals surface area (Å²) in [6.07, 6.45) is 3.99. The van der Waals surface area contributed by atoms with Crippen molar-refractivity contribution in [3.8, 4) is 136 Å². The topological polar surface area (TPSA) is 178 Å². The van der Waals surface area contributed by atoms with E-state index < -0.39 is 0 Å². The molecule has 20 aromatic rings. The standard InChI is InChI=1S/C26H23N3.C25H20BrN3.C24H17Cl2N3.C23H14BrCl2N3/c1-16-8-12-19(13-9-16)24-25(20-14-10-17(2)11-15-20)29-26(28-24)23-18(3)27-22-7-5-4-6-21(22)23;1-15-3-7-17(8-4-15)23-24(18-9-5-16(2)6-10-18)29-25(28-23)21-14-27-22-12-11-19(26)13-20(21)22;1-14-21(19-10-2-3-11-20(19)27-14)24-28-22(15-6-4-8-17(25)12-15)23(29-24)16-7-5-9-18(26)13-16;24-15-7-8-20-18(11-15)19(12-27-20)23-28-21(13-3-1-5-16(25)9-13)22(29-23)14-4-2-6-17(26)10-14/h4-15,27H,1-3H3,(H,28,29);3-14,27H,1-2H3,(H,28,29);2-13,27H,1H3,(H,28,29);1-12,27H,(H,28,29). The number of halogens is 6. The van der Waals surface area contributed by atoms with Gasteiger partial charge >= 0.3 is 0 Å². The van der Waals surface area contributed by atoms with Crippen LogP contribution in [0.25, 0.3) is 179 Å². The Morgan fingerprint density at radius 3 is 0.914 bits per heavy atom. The summed E-state index contributed by atoms with van der Waals surface area (Å²) in [6, 6.07) is 94.3. The summed E-state index contributed by atoms with van der Waals surface area (Å²) in [5.41, 5.74) is 31.6. The molecule has 8 heterocycles. The fourth-order valence-electron chi connectivity index (χ4n) is 14.8. The lowest BCUT2D eigenvalue weighted by atomic mass is 10.0. The highest BCUT2D eigenvalue weighted by molar-refractivity contribution is 9.10. The molecule has 0 aliphatic rings. The molecule has 0 saturated heterocycles. The van der Waals surface area contributed by atoms with E-state index in [4.69, 9.17) is 66.3 Å². The molecule has 0 bridgehead atoms. The zero-order valence-corrected chi connectivity index (χ0v) is 70.0. The summed E-state index contributed by atoms with van der Waals surface area (Å²) in [5, 5.41) is 7.24. The maximum absolute atomic E-state index is 6.27. The van der Waals surface area contributed by atoms with Crippen molar-refractivity contribution in [2.75, 3.05) is 0 Å². The molecular weight excluding hydrogens is 1650 g/mol. The Morgan fingerprint density at radius 1 is 0.250 bits per heavy atom. The summed E-state index contributed by atoms with van der Waals surface area (Å²) in [4.78, 5) is 48.0. The fraction of sp³-hybridized carbons (Fsp3) is 0.0612. The van der Waals surface area contributed by atoms with Crippen molar-refractivity contribution in [1.29, 1.82) is 0 Å². The molecule has 12 nitrogen and oxygen atoms in total. The normalized spacial score (nSPS) is 11.3. The summed E-state index contributed by atoms with van der Waals surface area (Å²) in [6.45, 7) is 12.6. The lowest BCUT2D eigenvalue weighted by Crippen LogP contribution is -1.84. The van der Waals surface area contributed by atoms with Gasteiger partial charge in [-0.15, -0.1) is 0 Å². The number of aryl methyl sites for hydroxylation is 6. The van der Waals surface area contributed by atoms with Crippen molar-refractivity contribution >= 4 is 122 Å². The number of para-hydroxylation sites is 2. The molecule has 0 amide bonds. The molecule has 8 N–H and O–H groups in total. The highest BCUT2D eigenvalue weighted by Crippen LogP contribution is 2.43. The van der Waals surface area contributed by atoms with Gasteiger partial charge < -0.3 is 39.9 Å². The molecule has 0 radical (unpaired) electrons. The molecule has 568 valence electrons. The molecule has 0 spiro atoms. The van der Waals surface area contributed by atoms with E-state index in [1.807, 2.05) is 140 Å². The second kappa shape index (κ2) is 32.9. The van der Waals surface area contributed by atoms with Gasteiger partial charge in [-0.05, 0) is 139 Å². The number of rotatable bonds is 12. The minimum atomic E-state index is 0.667. The summed E-state index contributed by atoms with van der Waals surface area (Å²) < 4.78 is 2.07. The average Bonchev–Trinajstić information content (AvgIpc) is 1.61. The van der Waals surface area contributed by atoms with Crippen LogP contribution in [-0.2, 0) is 0 Å². The Bertz CT molecular complexity index is 6740. The maximum atomic E-state index is 6.27. The third kappa shape index (κ3) is 16.0. The fourth-order valence-corrected chi connectivity index (χ4v) is 16.3. The predicted molar refractivity (Wildman–Crippen MR) is 491 cm³/mol. The van der Waals surface area contributed by atoms with E-state index in [1.165, 1.54) is 27.6 Å². The van der Waals surface area contributed by atoms with Crippen molar-refractivity contribution in [2.24, 2.45) is 0 Å². The monoisotopic (exact) mass is 1720 g/mol. The largest absolute Gasteiger partial charge is 0.360 e. The molecule has 12 aromatic carbocycles. The van der Waals surface area contributed by atoms with Crippen molar-refractivity contribution in [3.63, 3.8) is 0 Å². The highest BCUT2D eigenvalue weighted by Gasteiger charge is 2.25. The number of hydrogen-bond donors (Lipinski definition) is 8. The first kappa shape index (κ1) is 76.4. The van der Waals surface area contributed by atoms with Crippen LogP contribution in [-0.4, -0.2) is 59.8 Å². The molecule has 18 heteroatoms. The number of aromatic nitrogens is 12. The van der Waals surface area contributed by atoms with Gasteiger partial charge in [0.1, 0.15) is 23.3 Å². The quantitative estimate of drug-likeness (QED) is 0.0607. The number of fused-ring (bicyclic) bond motifs is 4. The van der Waals surface area contributed by atoms with Crippen LogP contribution in [0.4, 0.5) is 0 Å². The molecule has 0 aliphatic heterocycles. The van der Waals surface area contributed by atoms with E-state index in [0.717, 1.165) is 194 Å². The molecule has 0 atom stereocenters. The van der Waals surface area contributed by atoms with Crippen LogP contribution in [0.1, 0.15) is 33.6 Å². The highest BCUT2D eigenvalue weighted by atomic mass is 79.9. The molecule has 0 saturated carbocycles. The molecule has 0 aliphatic carbocycles. The van der Waals surface area contributed by atoms with Crippen LogP contribution < -0.4 is 0 Å². The number of nitrogens with zero attached hydrogens (tertiary/aromatic N) is 4. The van der Waals surface area contributed by atoms with Gasteiger partial charge in [-0.1, -0.05) is 283 Å². The second-order valence-electron chi connectivity index (χ2n) is 28.9. The Kier molecular flexibility index (Phi) is 21.7. The van der Waals surface area contributed by atoms with Crippen molar-refractivity contribution in [3.05, 3.63) is 354 Å². The first-order valence-corrected chi connectivity index (χ1v) is 40.9. The van der Waals surface area contributed by atoms with Crippen LogP contribution in [0, 0.1) is 41.5 Å². The summed E-state index contributed by atoms with van der Waals surface area (Å²) in [5.74, 6) is 3.34. The van der Waals surface area contributed by atoms with Crippen molar-refractivity contribution in [1.82, 2.24) is 59.8 Å². The van der Waals surface area contributed by atoms with Crippen LogP contribution in [0.15, 0.2) is 300 Å². The Balaban J connectivity index is 0.000000111. The Hall–Kier alpha value is -12.2. The minimum absolute atomic E-state index is 0.667. The second-order valence-corrected chi connectivity index (χ2v) is 32.4. The van der Waals surface area contributed by atoms with E-state index in [0.29, 0.717) is 20.1 Å². The third-order valence-corrected chi connectivity index (χ3v) is 22.6. The molecule has 0 fully saturated rings. The van der Waals surface area contributed by atoms with Gasteiger partial charge in [-0.25, -0.2) is 19.9 Å². The zero-order chi connectivity index (χ0) is 79.8. The molecule has 8 aromatic heterocycles. The van der Waals surface area contributed by atoms with E-state index in [2.05, 4.69) is 265 Å². The van der Waals surface area contributed by atoms with Gasteiger partial charge in [0.15, 0.2) is 0 Å². The first-order valence-electron chi connectivity index (χ1n) is 37.8. The smallest absolute Gasteiger partial charge is 0.140 e. The summed E-state index contributed by atoms with van der Waals surface area (Å²) >= 11 is 32.2. The average molecular weight is 1720 g/mol. The van der Waals surface area contributed by atoms with Crippen molar-refractivity contribution < 1.29 is 0 Å². The zero-order valence-electron chi connectivity index (χ0n) is 63.8. The van der Waals surface area contributed by atoms with E-state index in [9.17, 15) is 0 Å². The SMILES string of the molecule is Cc1[nH]c2ccccc2c1-c1nc(-c2cccc(Cl)c2)c(-c2cccc(Cl)c2)[nH]1.Cc1ccc(-c2nc(-c3c(C)[nH]c4ccccc34)[nH]c2-c2ccc(C)cc2)cc1.Cc1ccc(-c2nc(-c3c[nH]c4ccc(Br)cc34)[nH]c2-c2ccc(C)cc2)cc1.Clc1cccc(-c2nc(-c3c[nH]c4ccc(Br)cc34)[nH]c2-c2cccc(Cl)c2)c1. The number of aromatic amines is 8. The van der Waals surface area contributed by atoms with Gasteiger partial charge in [0.2, 0.25) is 0 Å². The van der Waals surface area contributed by atoms with E-state index in [-0.39, 0.29) is 0 Å². The molecule has 116 heavy (non-hydrogen) atoms. The number of nitrogens with one attached hydrogen (secondary N) is 8. The van der Waals surface area contributed by atoms with Crippen LogP contribution in [0.2, 0.25) is 20.1 Å². The van der Waals surface area contributed by atoms with E-state index in [1.54, 1.807) is 0 Å². The van der Waals surface area contributed by atoms with Crippen LogP contribution >= 0.6 is 78.3 Å². The Morgan fingerprint density at radius 2 is 0.552 bits per heavy atom. The van der Waals surface area contributed by atoms with Gasteiger partial charge in [0.05, 0.1) is 45.6 Å². The molecular formula is C98H74Br2Cl4N12. The first-order chi connectivity index (χ1) is 56.4. The predicted octanol–water partition coefficient (Wildman–Crippen LogP) is 29.6. The van der Waals surface area contributed by atoms with Crippen LogP contribution in [0.3, 0.4) is 0 Å². The lowest BCUT2D eigenvalue weighted by molar-refractivity contribution is 1.25. The third-order valence-electron chi connectivity index (χ3n) is 20.6. The number of benzene rings is 12. The molecule has 20 rings (SSSR count). The van der Waals surface area contributed by atoms with Gasteiger partial charge in [0, 0.05) is 163 Å². The number of imidazole rings is 4. The Labute approximate surface area is 707 Å². The molecule has 0 unspecified atom stereocenters. The van der Waals surface area contributed by atoms with Crippen LogP contribution in [0.5, 0.6) is 0 Å². The number of hydrogen-bond acceptors (Lipinski definition) is 4. The van der Waals surface area contributed by atoms with E-state index >= 15 is 0 Å². The van der Waals surface area contributed by atoms with Gasteiger partial charge in [0.25, 0.3) is 0 Å². The van der Waals surface area contributed by atoms with Gasteiger partial charge in [-0.2, -0.15) is 0 Å². The van der Waals surface area contributed by atoms with Gasteiger partial charge in [-0.3, -0.25) is 0 Å². The number of H-pyrrole nitrogens is 8. The lowest BCUT2D eigenvalue weighted by Gasteiger charge is -2.04. The summed E-state index contributed by atoms with van der Waals surface area (Å²) in [7, 11) is 0. The minimum Gasteiger partial charge on any atom is -0.360 e. The van der Waals surface area contributed by atoms with Crippen molar-refractivity contribution in [2.45, 2.75) is 41.5 Å². The maximum Gasteiger partial charge on any atom is 0.140 e.